The Morgan fingerprint density at radius 1 is 1.07 bits per heavy atom. The van der Waals surface area contributed by atoms with E-state index >= 15 is 0 Å². The first-order chi connectivity index (χ1) is 13.0. The number of hydrogen-bond acceptors (Lipinski definition) is 4. The van der Waals surface area contributed by atoms with Gasteiger partial charge in [-0.25, -0.2) is 8.42 Å². The molecule has 3 rings (SSSR count). The van der Waals surface area contributed by atoms with Gasteiger partial charge in [0.1, 0.15) is 5.75 Å². The SMILES string of the molecule is CCOc1ccc(CNC(=O)c2ccc(N3CCCCS3(=O)=O)cc2)cc1. The molecule has 2 aromatic rings. The molecule has 0 spiro atoms. The van der Waals surface area contributed by atoms with Gasteiger partial charge in [-0.3, -0.25) is 9.10 Å². The van der Waals surface area contributed by atoms with Crippen LogP contribution in [0, 0.1) is 0 Å². The summed E-state index contributed by atoms with van der Waals surface area (Å²) in [4.78, 5) is 12.3. The van der Waals surface area contributed by atoms with E-state index in [-0.39, 0.29) is 11.7 Å². The molecule has 1 aliphatic heterocycles. The van der Waals surface area contributed by atoms with Crippen LogP contribution in [0.25, 0.3) is 0 Å². The number of nitrogens with zero attached hydrogens (tertiary/aromatic N) is 1. The van der Waals surface area contributed by atoms with E-state index in [0.717, 1.165) is 17.7 Å². The first-order valence-corrected chi connectivity index (χ1v) is 10.7. The van der Waals surface area contributed by atoms with E-state index in [2.05, 4.69) is 5.32 Å². The van der Waals surface area contributed by atoms with Gasteiger partial charge >= 0.3 is 0 Å². The number of nitrogens with one attached hydrogen (secondary N) is 1. The number of hydrogen-bond donors (Lipinski definition) is 1. The topological polar surface area (TPSA) is 75.7 Å². The standard InChI is InChI=1S/C20H24N2O4S/c1-2-26-19-11-5-16(6-12-19)15-21-20(23)17-7-9-18(10-8-17)22-13-3-4-14-27(22,24)25/h5-12H,2-4,13-15H2,1H3,(H,21,23). The van der Waals surface area contributed by atoms with Crippen LogP contribution < -0.4 is 14.4 Å². The molecular formula is C20H24N2O4S. The summed E-state index contributed by atoms with van der Waals surface area (Å²) in [7, 11) is -3.24. The summed E-state index contributed by atoms with van der Waals surface area (Å²) in [6, 6.07) is 14.3. The highest BCUT2D eigenvalue weighted by Gasteiger charge is 2.25. The highest BCUT2D eigenvalue weighted by atomic mass is 32.2. The smallest absolute Gasteiger partial charge is 0.251 e. The molecule has 144 valence electrons. The molecular weight excluding hydrogens is 364 g/mol. The molecule has 0 bridgehead atoms. The fourth-order valence-corrected chi connectivity index (χ4v) is 4.65. The summed E-state index contributed by atoms with van der Waals surface area (Å²) in [5.74, 6) is 0.782. The Bertz CT molecular complexity index is 877. The van der Waals surface area contributed by atoms with Crippen LogP contribution in [0.5, 0.6) is 5.75 Å². The third-order valence-corrected chi connectivity index (χ3v) is 6.32. The van der Waals surface area contributed by atoms with Gasteiger partial charge in [0.05, 0.1) is 18.0 Å². The van der Waals surface area contributed by atoms with E-state index in [0.29, 0.717) is 37.4 Å². The van der Waals surface area contributed by atoms with Crippen LogP contribution >= 0.6 is 0 Å². The molecule has 7 heteroatoms. The minimum atomic E-state index is -3.24. The molecule has 1 aliphatic rings. The predicted octanol–water partition coefficient (Wildman–Crippen LogP) is 2.95. The fourth-order valence-electron chi connectivity index (χ4n) is 3.01. The van der Waals surface area contributed by atoms with Crippen LogP contribution in [0.15, 0.2) is 48.5 Å². The van der Waals surface area contributed by atoms with Crippen molar-refractivity contribution in [2.75, 3.05) is 23.2 Å². The number of carbonyl (C=O) groups is 1. The summed E-state index contributed by atoms with van der Waals surface area (Å²) in [5, 5.41) is 2.87. The van der Waals surface area contributed by atoms with Gasteiger partial charge in [0.15, 0.2) is 0 Å². The molecule has 2 aromatic carbocycles. The number of carbonyl (C=O) groups excluding carboxylic acids is 1. The summed E-state index contributed by atoms with van der Waals surface area (Å²) in [6.45, 7) is 3.45. The second-order valence-corrected chi connectivity index (χ2v) is 8.41. The van der Waals surface area contributed by atoms with Crippen molar-refractivity contribution in [2.24, 2.45) is 0 Å². The van der Waals surface area contributed by atoms with Gasteiger partial charge in [-0.05, 0) is 61.7 Å². The van der Waals surface area contributed by atoms with Gasteiger partial charge < -0.3 is 10.1 Å². The zero-order chi connectivity index (χ0) is 19.3. The minimum Gasteiger partial charge on any atom is -0.494 e. The van der Waals surface area contributed by atoms with Crippen LogP contribution in [-0.2, 0) is 16.6 Å². The van der Waals surface area contributed by atoms with Crippen molar-refractivity contribution in [3.63, 3.8) is 0 Å². The predicted molar refractivity (Wildman–Crippen MR) is 106 cm³/mol. The molecule has 0 aromatic heterocycles. The van der Waals surface area contributed by atoms with Crippen LogP contribution in [-0.4, -0.2) is 33.2 Å². The van der Waals surface area contributed by atoms with Crippen molar-refractivity contribution in [1.82, 2.24) is 5.32 Å². The quantitative estimate of drug-likeness (QED) is 0.826. The van der Waals surface area contributed by atoms with E-state index in [9.17, 15) is 13.2 Å². The summed E-state index contributed by atoms with van der Waals surface area (Å²) < 4.78 is 31.2. The van der Waals surface area contributed by atoms with Crippen molar-refractivity contribution in [1.29, 1.82) is 0 Å². The molecule has 6 nitrogen and oxygen atoms in total. The van der Waals surface area contributed by atoms with E-state index < -0.39 is 10.0 Å². The van der Waals surface area contributed by atoms with E-state index in [1.165, 1.54) is 4.31 Å². The highest BCUT2D eigenvalue weighted by Crippen LogP contribution is 2.23. The Morgan fingerprint density at radius 2 is 1.78 bits per heavy atom. The molecule has 1 saturated heterocycles. The summed E-state index contributed by atoms with van der Waals surface area (Å²) >= 11 is 0. The number of benzene rings is 2. The molecule has 0 unspecified atom stereocenters. The second-order valence-electron chi connectivity index (χ2n) is 6.40. The van der Waals surface area contributed by atoms with Crippen molar-refractivity contribution in [3.05, 3.63) is 59.7 Å². The molecule has 1 amide bonds. The Labute approximate surface area is 160 Å². The molecule has 27 heavy (non-hydrogen) atoms. The lowest BCUT2D eigenvalue weighted by molar-refractivity contribution is 0.0951. The van der Waals surface area contributed by atoms with Crippen LogP contribution in [0.3, 0.4) is 0 Å². The lowest BCUT2D eigenvalue weighted by Gasteiger charge is -2.28. The number of sulfonamides is 1. The number of ether oxygens (including phenoxy) is 1. The van der Waals surface area contributed by atoms with Gasteiger partial charge in [0.25, 0.3) is 5.91 Å². The zero-order valence-electron chi connectivity index (χ0n) is 15.3. The zero-order valence-corrected chi connectivity index (χ0v) is 16.2. The average Bonchev–Trinajstić information content (AvgIpc) is 2.67. The van der Waals surface area contributed by atoms with E-state index in [1.54, 1.807) is 24.3 Å². The van der Waals surface area contributed by atoms with Crippen molar-refractivity contribution in [3.8, 4) is 5.75 Å². The number of rotatable bonds is 6. The van der Waals surface area contributed by atoms with Crippen LogP contribution in [0.1, 0.15) is 35.7 Å². The number of anilines is 1. The maximum absolute atomic E-state index is 12.3. The number of amides is 1. The molecule has 1 fully saturated rings. The Morgan fingerprint density at radius 3 is 2.41 bits per heavy atom. The monoisotopic (exact) mass is 388 g/mol. The van der Waals surface area contributed by atoms with E-state index in [1.807, 2.05) is 31.2 Å². The Balaban J connectivity index is 1.60. The summed E-state index contributed by atoms with van der Waals surface area (Å²) in [6.07, 6.45) is 1.55. The molecule has 0 radical (unpaired) electrons. The van der Waals surface area contributed by atoms with Crippen molar-refractivity contribution in [2.45, 2.75) is 26.3 Å². The first kappa shape index (κ1) is 19.2. The van der Waals surface area contributed by atoms with Crippen molar-refractivity contribution >= 4 is 21.6 Å². The Kier molecular flexibility index (Phi) is 6.01. The largest absolute Gasteiger partial charge is 0.494 e. The van der Waals surface area contributed by atoms with Crippen molar-refractivity contribution < 1.29 is 17.9 Å². The van der Waals surface area contributed by atoms with Crippen LogP contribution in [0.4, 0.5) is 5.69 Å². The van der Waals surface area contributed by atoms with Crippen LogP contribution in [0.2, 0.25) is 0 Å². The van der Waals surface area contributed by atoms with E-state index in [4.69, 9.17) is 4.74 Å². The lowest BCUT2D eigenvalue weighted by Crippen LogP contribution is -2.37. The molecule has 1 heterocycles. The molecule has 0 aliphatic carbocycles. The van der Waals surface area contributed by atoms with Gasteiger partial charge in [-0.15, -0.1) is 0 Å². The maximum Gasteiger partial charge on any atom is 0.251 e. The molecule has 1 N–H and O–H groups in total. The van der Waals surface area contributed by atoms with Gasteiger partial charge in [-0.1, -0.05) is 12.1 Å². The lowest BCUT2D eigenvalue weighted by atomic mass is 10.1. The first-order valence-electron chi connectivity index (χ1n) is 9.10. The normalized spacial score (nSPS) is 16.0. The average molecular weight is 388 g/mol. The minimum absolute atomic E-state index is 0.178. The third kappa shape index (κ3) is 4.80. The third-order valence-electron chi connectivity index (χ3n) is 4.45. The second kappa shape index (κ2) is 8.43. The van der Waals surface area contributed by atoms with Gasteiger partial charge in [-0.2, -0.15) is 0 Å². The molecule has 0 saturated carbocycles. The molecule has 0 atom stereocenters. The highest BCUT2D eigenvalue weighted by molar-refractivity contribution is 7.92. The maximum atomic E-state index is 12.3. The summed E-state index contributed by atoms with van der Waals surface area (Å²) in [5.41, 5.74) is 2.08. The Hall–Kier alpha value is -2.54. The van der Waals surface area contributed by atoms with Gasteiger partial charge in [0, 0.05) is 18.7 Å². The fraction of sp³-hybridized carbons (Fsp3) is 0.350. The van der Waals surface area contributed by atoms with Gasteiger partial charge in [0.2, 0.25) is 10.0 Å².